The van der Waals surface area contributed by atoms with Gasteiger partial charge in [-0.2, -0.15) is 0 Å². The van der Waals surface area contributed by atoms with Crippen LogP contribution in [-0.2, 0) is 11.2 Å². The van der Waals surface area contributed by atoms with Gasteiger partial charge < -0.3 is 15.0 Å². The van der Waals surface area contributed by atoms with E-state index in [-0.39, 0.29) is 5.91 Å². The van der Waals surface area contributed by atoms with Crippen LogP contribution < -0.4 is 10.1 Å². The molecule has 0 aromatic heterocycles. The summed E-state index contributed by atoms with van der Waals surface area (Å²) in [7, 11) is 4.03. The quantitative estimate of drug-likeness (QED) is 0.746. The molecule has 5 heteroatoms. The number of ether oxygens (including phenoxy) is 1. The minimum absolute atomic E-state index is 0.129. The van der Waals surface area contributed by atoms with Crippen molar-refractivity contribution in [2.24, 2.45) is 0 Å². The van der Waals surface area contributed by atoms with E-state index < -0.39 is 5.38 Å². The predicted octanol–water partition coefficient (Wildman–Crippen LogP) is 1.91. The average Bonchev–Trinajstić information content (AvgIpc) is 2.40. The molecule has 0 aliphatic carbocycles. The van der Waals surface area contributed by atoms with E-state index >= 15 is 0 Å². The van der Waals surface area contributed by atoms with E-state index in [1.165, 1.54) is 0 Å². The van der Waals surface area contributed by atoms with Crippen LogP contribution in [0.2, 0.25) is 0 Å². The summed E-state index contributed by atoms with van der Waals surface area (Å²) in [6, 6.07) is 7.94. The zero-order valence-corrected chi connectivity index (χ0v) is 13.1. The molecule has 1 N–H and O–H groups in total. The Hall–Kier alpha value is -1.26. The van der Waals surface area contributed by atoms with Crippen LogP contribution in [0.3, 0.4) is 0 Å². The van der Waals surface area contributed by atoms with Crippen LogP contribution in [0.15, 0.2) is 24.3 Å². The number of hydrogen-bond acceptors (Lipinski definition) is 3. The fourth-order valence-corrected chi connectivity index (χ4v) is 1.65. The minimum Gasteiger partial charge on any atom is -0.492 e. The van der Waals surface area contributed by atoms with Crippen LogP contribution >= 0.6 is 11.6 Å². The van der Waals surface area contributed by atoms with Gasteiger partial charge in [-0.15, -0.1) is 11.6 Å². The Bertz CT molecular complexity index is 405. The van der Waals surface area contributed by atoms with Gasteiger partial charge in [0.15, 0.2) is 0 Å². The van der Waals surface area contributed by atoms with Crippen LogP contribution in [0.1, 0.15) is 12.5 Å². The van der Waals surface area contributed by atoms with Crippen molar-refractivity contribution in [1.29, 1.82) is 0 Å². The van der Waals surface area contributed by atoms with Gasteiger partial charge in [0.1, 0.15) is 17.7 Å². The standard InChI is InChI=1S/C15H23ClN2O2/c1-12(16)15(19)17-9-8-13-4-6-14(7-5-13)20-11-10-18(2)3/h4-7,12H,8-11H2,1-3H3,(H,17,19). The van der Waals surface area contributed by atoms with Gasteiger partial charge in [-0.1, -0.05) is 12.1 Å². The predicted molar refractivity (Wildman–Crippen MR) is 82.5 cm³/mol. The average molecular weight is 299 g/mol. The fraction of sp³-hybridized carbons (Fsp3) is 0.533. The van der Waals surface area contributed by atoms with Gasteiger partial charge in [-0.3, -0.25) is 4.79 Å². The number of nitrogens with one attached hydrogen (secondary N) is 1. The maximum absolute atomic E-state index is 11.3. The van der Waals surface area contributed by atoms with E-state index in [1.54, 1.807) is 6.92 Å². The molecule has 1 atom stereocenters. The second-order valence-electron chi connectivity index (χ2n) is 4.95. The molecule has 1 aromatic carbocycles. The molecule has 0 bridgehead atoms. The number of alkyl halides is 1. The number of amides is 1. The molecule has 0 aliphatic rings. The second kappa shape index (κ2) is 8.82. The largest absolute Gasteiger partial charge is 0.492 e. The van der Waals surface area contributed by atoms with Gasteiger partial charge in [0.05, 0.1) is 0 Å². The number of likely N-dealkylation sites (N-methyl/N-ethyl adjacent to an activating group) is 1. The molecule has 20 heavy (non-hydrogen) atoms. The Morgan fingerprint density at radius 3 is 2.55 bits per heavy atom. The first-order valence-electron chi connectivity index (χ1n) is 6.77. The van der Waals surface area contributed by atoms with Crippen LogP contribution in [0, 0.1) is 0 Å². The lowest BCUT2D eigenvalue weighted by atomic mass is 10.1. The van der Waals surface area contributed by atoms with Crippen LogP contribution in [0.5, 0.6) is 5.75 Å². The molecule has 0 heterocycles. The third-order valence-electron chi connectivity index (χ3n) is 2.80. The minimum atomic E-state index is -0.484. The first-order chi connectivity index (χ1) is 9.49. The summed E-state index contributed by atoms with van der Waals surface area (Å²) in [5.41, 5.74) is 1.16. The van der Waals surface area contributed by atoms with E-state index in [0.29, 0.717) is 13.2 Å². The topological polar surface area (TPSA) is 41.6 Å². The highest BCUT2D eigenvalue weighted by Crippen LogP contribution is 2.12. The van der Waals surface area contributed by atoms with Crippen molar-refractivity contribution in [1.82, 2.24) is 10.2 Å². The van der Waals surface area contributed by atoms with E-state index in [0.717, 1.165) is 24.3 Å². The SMILES string of the molecule is CC(Cl)C(=O)NCCc1ccc(OCCN(C)C)cc1. The van der Waals surface area contributed by atoms with Crippen molar-refractivity contribution in [2.75, 3.05) is 33.8 Å². The van der Waals surface area contributed by atoms with Crippen molar-refractivity contribution in [3.05, 3.63) is 29.8 Å². The highest BCUT2D eigenvalue weighted by Gasteiger charge is 2.07. The van der Waals surface area contributed by atoms with E-state index in [9.17, 15) is 4.79 Å². The number of benzene rings is 1. The zero-order valence-electron chi connectivity index (χ0n) is 12.4. The monoisotopic (exact) mass is 298 g/mol. The number of nitrogens with zero attached hydrogens (tertiary/aromatic N) is 1. The summed E-state index contributed by atoms with van der Waals surface area (Å²) >= 11 is 5.67. The first kappa shape index (κ1) is 16.8. The first-order valence-corrected chi connectivity index (χ1v) is 7.21. The number of carbonyl (C=O) groups is 1. The lowest BCUT2D eigenvalue weighted by Gasteiger charge is -2.11. The third-order valence-corrected chi connectivity index (χ3v) is 3.00. The molecule has 0 spiro atoms. The van der Waals surface area contributed by atoms with Gasteiger partial charge in [0.25, 0.3) is 0 Å². The Morgan fingerprint density at radius 2 is 2.00 bits per heavy atom. The maximum Gasteiger partial charge on any atom is 0.237 e. The summed E-state index contributed by atoms with van der Waals surface area (Å²) < 4.78 is 5.62. The van der Waals surface area contributed by atoms with Crippen molar-refractivity contribution in [2.45, 2.75) is 18.7 Å². The summed E-state index contributed by atoms with van der Waals surface area (Å²) in [5.74, 6) is 0.740. The van der Waals surface area contributed by atoms with Gasteiger partial charge in [-0.05, 0) is 45.1 Å². The zero-order chi connectivity index (χ0) is 15.0. The van der Waals surface area contributed by atoms with Gasteiger partial charge in [-0.25, -0.2) is 0 Å². The van der Waals surface area contributed by atoms with Crippen LogP contribution in [0.25, 0.3) is 0 Å². The van der Waals surface area contributed by atoms with Crippen molar-refractivity contribution in [3.63, 3.8) is 0 Å². The number of rotatable bonds is 8. The van der Waals surface area contributed by atoms with E-state index in [1.807, 2.05) is 38.4 Å². The summed E-state index contributed by atoms with van der Waals surface area (Å²) in [6.07, 6.45) is 0.785. The van der Waals surface area contributed by atoms with Crippen molar-refractivity contribution in [3.8, 4) is 5.75 Å². The summed E-state index contributed by atoms with van der Waals surface area (Å²) in [6.45, 7) is 3.83. The Labute approximate surface area is 126 Å². The Kier molecular flexibility index (Phi) is 7.41. The number of halogens is 1. The Balaban J connectivity index is 2.30. The third kappa shape index (κ3) is 6.78. The second-order valence-corrected chi connectivity index (χ2v) is 5.61. The normalized spacial score (nSPS) is 12.2. The molecule has 1 rings (SSSR count). The molecule has 0 fully saturated rings. The highest BCUT2D eigenvalue weighted by molar-refractivity contribution is 6.30. The van der Waals surface area contributed by atoms with Gasteiger partial charge in [0.2, 0.25) is 5.91 Å². The highest BCUT2D eigenvalue weighted by atomic mass is 35.5. The molecule has 0 radical (unpaired) electrons. The molecule has 1 aromatic rings. The molecular weight excluding hydrogens is 276 g/mol. The van der Waals surface area contributed by atoms with E-state index in [4.69, 9.17) is 16.3 Å². The van der Waals surface area contributed by atoms with Crippen molar-refractivity contribution >= 4 is 17.5 Å². The lowest BCUT2D eigenvalue weighted by molar-refractivity contribution is -0.120. The molecule has 1 unspecified atom stereocenters. The summed E-state index contributed by atoms with van der Waals surface area (Å²) in [4.78, 5) is 13.4. The lowest BCUT2D eigenvalue weighted by Crippen LogP contribution is -2.31. The van der Waals surface area contributed by atoms with Gasteiger partial charge >= 0.3 is 0 Å². The Morgan fingerprint density at radius 1 is 1.35 bits per heavy atom. The number of hydrogen-bond donors (Lipinski definition) is 1. The van der Waals surface area contributed by atoms with Crippen LogP contribution in [-0.4, -0.2) is 50.0 Å². The molecule has 1 amide bonds. The van der Waals surface area contributed by atoms with Crippen molar-refractivity contribution < 1.29 is 9.53 Å². The maximum atomic E-state index is 11.3. The number of carbonyl (C=O) groups excluding carboxylic acids is 1. The molecule has 112 valence electrons. The molecule has 0 saturated carbocycles. The summed E-state index contributed by atoms with van der Waals surface area (Å²) in [5, 5.41) is 2.30. The van der Waals surface area contributed by atoms with Gasteiger partial charge in [0, 0.05) is 13.1 Å². The smallest absolute Gasteiger partial charge is 0.237 e. The molecule has 4 nitrogen and oxygen atoms in total. The molecular formula is C15H23ClN2O2. The molecule has 0 aliphatic heterocycles. The fourth-order valence-electron chi connectivity index (χ4n) is 1.57. The molecule has 0 saturated heterocycles. The van der Waals surface area contributed by atoms with Crippen LogP contribution in [0.4, 0.5) is 0 Å². The van der Waals surface area contributed by atoms with E-state index in [2.05, 4.69) is 10.2 Å².